The van der Waals surface area contributed by atoms with Crippen molar-refractivity contribution in [1.29, 1.82) is 10.8 Å². The molecule has 0 bridgehead atoms. The number of carbonyl (C=O) groups is 1. The van der Waals surface area contributed by atoms with Gasteiger partial charge in [-0.3, -0.25) is 20.6 Å². The van der Waals surface area contributed by atoms with Gasteiger partial charge in [-0.15, -0.1) is 0 Å². The molecule has 0 unspecified atom stereocenters. The molecule has 0 aliphatic rings. The van der Waals surface area contributed by atoms with Gasteiger partial charge in [-0.2, -0.15) is 11.3 Å². The fourth-order valence-electron chi connectivity index (χ4n) is 2.36. The van der Waals surface area contributed by atoms with E-state index in [1.54, 1.807) is 42.5 Å². The van der Waals surface area contributed by atoms with E-state index in [0.29, 0.717) is 34.2 Å². The van der Waals surface area contributed by atoms with Crippen molar-refractivity contribution >= 4 is 35.2 Å². The van der Waals surface area contributed by atoms with Crippen molar-refractivity contribution in [3.63, 3.8) is 0 Å². The van der Waals surface area contributed by atoms with Crippen LogP contribution in [0.15, 0.2) is 64.4 Å². The van der Waals surface area contributed by atoms with Crippen molar-refractivity contribution in [3.8, 4) is 0 Å². The second-order valence-corrected chi connectivity index (χ2v) is 6.50. The van der Waals surface area contributed by atoms with Crippen LogP contribution in [0.4, 0.5) is 0 Å². The maximum absolute atomic E-state index is 10.7. The average Bonchev–Trinajstić information content (AvgIpc) is 3.27. The number of benzene rings is 1. The molecular formula is C20H17N5O2S. The number of nitrogens with one attached hydrogen (secondary N) is 2. The zero-order chi connectivity index (χ0) is 19.9. The van der Waals surface area contributed by atoms with Gasteiger partial charge in [0.15, 0.2) is 12.1 Å². The van der Waals surface area contributed by atoms with Gasteiger partial charge in [-0.05, 0) is 29.6 Å². The van der Waals surface area contributed by atoms with Gasteiger partial charge in [0.05, 0.1) is 5.69 Å². The van der Waals surface area contributed by atoms with Crippen LogP contribution in [-0.4, -0.2) is 28.8 Å². The standard InChI is InChI=1S/C20H17N5O2S/c21-18(14-7-8-28-12-14)25-19(22)16-3-1-2-4-17(16)20(23)27-11-15-6-5-13(10-26)9-24-15/h1-10,12,23H,11H2,(H3,21,22,25). The number of nitrogens with two attached hydrogens (primary N) is 1. The van der Waals surface area contributed by atoms with Crippen molar-refractivity contribution in [2.24, 2.45) is 10.7 Å². The first-order chi connectivity index (χ1) is 13.6. The molecule has 0 aliphatic carbocycles. The van der Waals surface area contributed by atoms with E-state index in [1.807, 2.05) is 10.8 Å². The maximum Gasteiger partial charge on any atom is 0.214 e. The number of amidine groups is 2. The summed E-state index contributed by atoms with van der Waals surface area (Å²) in [4.78, 5) is 18.9. The quantitative estimate of drug-likeness (QED) is 0.339. The predicted octanol–water partition coefficient (Wildman–Crippen LogP) is 3.23. The van der Waals surface area contributed by atoms with Crippen LogP contribution in [-0.2, 0) is 11.3 Å². The highest BCUT2D eigenvalue weighted by atomic mass is 32.1. The van der Waals surface area contributed by atoms with Crippen molar-refractivity contribution in [2.75, 3.05) is 0 Å². The lowest BCUT2D eigenvalue weighted by Gasteiger charge is -2.11. The molecule has 0 saturated heterocycles. The van der Waals surface area contributed by atoms with Gasteiger partial charge < -0.3 is 10.5 Å². The average molecular weight is 391 g/mol. The van der Waals surface area contributed by atoms with Crippen LogP contribution in [0, 0.1) is 10.8 Å². The molecule has 7 nitrogen and oxygen atoms in total. The Bertz CT molecular complexity index is 1030. The van der Waals surface area contributed by atoms with Crippen molar-refractivity contribution < 1.29 is 9.53 Å². The van der Waals surface area contributed by atoms with Crippen molar-refractivity contribution in [1.82, 2.24) is 4.98 Å². The summed E-state index contributed by atoms with van der Waals surface area (Å²) >= 11 is 1.48. The maximum atomic E-state index is 10.7. The summed E-state index contributed by atoms with van der Waals surface area (Å²) in [6.45, 7) is 0.0775. The third kappa shape index (κ3) is 4.54. The fraction of sp³-hybridized carbons (Fsp3) is 0.0500. The molecule has 0 radical (unpaired) electrons. The smallest absolute Gasteiger partial charge is 0.214 e. The van der Waals surface area contributed by atoms with Crippen LogP contribution in [0.3, 0.4) is 0 Å². The predicted molar refractivity (Wildman–Crippen MR) is 110 cm³/mol. The number of pyridine rings is 1. The van der Waals surface area contributed by atoms with Gasteiger partial charge in [0.1, 0.15) is 12.4 Å². The number of carbonyl (C=O) groups excluding carboxylic acids is 1. The van der Waals surface area contributed by atoms with E-state index in [0.717, 1.165) is 0 Å². The van der Waals surface area contributed by atoms with Gasteiger partial charge >= 0.3 is 0 Å². The summed E-state index contributed by atoms with van der Waals surface area (Å²) in [6, 6.07) is 12.1. The highest BCUT2D eigenvalue weighted by Crippen LogP contribution is 2.13. The summed E-state index contributed by atoms with van der Waals surface area (Å²) in [6.07, 6.45) is 2.16. The molecule has 2 aromatic heterocycles. The van der Waals surface area contributed by atoms with Crippen LogP contribution in [0.2, 0.25) is 0 Å². The molecule has 4 N–H and O–H groups in total. The first-order valence-corrected chi connectivity index (χ1v) is 9.19. The lowest BCUT2D eigenvalue weighted by Crippen LogP contribution is -2.20. The number of rotatable bonds is 6. The van der Waals surface area contributed by atoms with E-state index in [-0.39, 0.29) is 24.2 Å². The number of aldehydes is 1. The normalized spacial score (nSPS) is 11.1. The number of nitrogens with zero attached hydrogens (tertiary/aromatic N) is 2. The molecule has 3 rings (SSSR count). The summed E-state index contributed by atoms with van der Waals surface area (Å²) in [5.74, 6) is 0.103. The molecule has 3 aromatic rings. The van der Waals surface area contributed by atoms with Gasteiger partial charge in [-0.25, -0.2) is 4.99 Å². The minimum atomic E-state index is -0.0860. The first kappa shape index (κ1) is 19.1. The Balaban J connectivity index is 1.75. The van der Waals surface area contributed by atoms with Crippen LogP contribution < -0.4 is 5.73 Å². The lowest BCUT2D eigenvalue weighted by atomic mass is 10.1. The van der Waals surface area contributed by atoms with E-state index in [1.165, 1.54) is 17.5 Å². The number of thiophene rings is 1. The third-order valence-electron chi connectivity index (χ3n) is 3.82. The Morgan fingerprint density at radius 2 is 1.96 bits per heavy atom. The molecule has 0 saturated carbocycles. The summed E-state index contributed by atoms with van der Waals surface area (Å²) < 4.78 is 5.53. The Morgan fingerprint density at radius 1 is 1.18 bits per heavy atom. The summed E-state index contributed by atoms with van der Waals surface area (Å²) in [7, 11) is 0. The SMILES string of the molecule is N=C(N=C(N)c1ccccc1C(=N)OCc1ccc(C=O)cn1)c1ccsc1. The molecule has 2 heterocycles. The van der Waals surface area contributed by atoms with E-state index >= 15 is 0 Å². The summed E-state index contributed by atoms with van der Waals surface area (Å²) in [5, 5.41) is 20.0. The molecule has 0 fully saturated rings. The molecule has 0 atom stereocenters. The summed E-state index contributed by atoms with van der Waals surface area (Å²) in [5.41, 5.74) is 8.82. The number of hydrogen-bond acceptors (Lipinski definition) is 6. The Labute approximate surface area is 165 Å². The third-order valence-corrected chi connectivity index (χ3v) is 4.51. The molecule has 0 spiro atoms. The highest BCUT2D eigenvalue weighted by molar-refractivity contribution is 7.08. The molecule has 1 aromatic carbocycles. The molecule has 140 valence electrons. The fourth-order valence-corrected chi connectivity index (χ4v) is 3.00. The number of aromatic nitrogens is 1. The van der Waals surface area contributed by atoms with E-state index in [4.69, 9.17) is 21.3 Å². The molecule has 28 heavy (non-hydrogen) atoms. The van der Waals surface area contributed by atoms with Crippen LogP contribution in [0.5, 0.6) is 0 Å². The zero-order valence-electron chi connectivity index (χ0n) is 14.8. The number of ether oxygens (including phenoxy) is 1. The number of hydrogen-bond donors (Lipinski definition) is 3. The highest BCUT2D eigenvalue weighted by Gasteiger charge is 2.13. The number of aliphatic imine (C=N–C) groups is 1. The Kier molecular flexibility index (Phi) is 6.03. The minimum Gasteiger partial charge on any atom is -0.471 e. The van der Waals surface area contributed by atoms with Crippen molar-refractivity contribution in [2.45, 2.75) is 6.61 Å². The minimum absolute atomic E-state index is 0.0560. The Morgan fingerprint density at radius 3 is 2.61 bits per heavy atom. The monoisotopic (exact) mass is 391 g/mol. The molecule has 0 aliphatic heterocycles. The van der Waals surface area contributed by atoms with Gasteiger partial charge in [-0.1, -0.05) is 18.2 Å². The topological polar surface area (TPSA) is 125 Å². The van der Waals surface area contributed by atoms with Gasteiger partial charge in [0, 0.05) is 33.8 Å². The molecule has 8 heteroatoms. The van der Waals surface area contributed by atoms with Crippen LogP contribution in [0.1, 0.15) is 32.7 Å². The van der Waals surface area contributed by atoms with Crippen LogP contribution in [0.25, 0.3) is 0 Å². The van der Waals surface area contributed by atoms with Gasteiger partial charge in [0.2, 0.25) is 5.90 Å². The zero-order valence-corrected chi connectivity index (χ0v) is 15.6. The van der Waals surface area contributed by atoms with Crippen LogP contribution >= 0.6 is 11.3 Å². The molecule has 0 amide bonds. The van der Waals surface area contributed by atoms with Crippen molar-refractivity contribution in [3.05, 3.63) is 87.4 Å². The molecular weight excluding hydrogens is 374 g/mol. The second kappa shape index (κ2) is 8.83. The first-order valence-electron chi connectivity index (χ1n) is 8.25. The lowest BCUT2D eigenvalue weighted by molar-refractivity contribution is 0.112. The van der Waals surface area contributed by atoms with E-state index < -0.39 is 0 Å². The van der Waals surface area contributed by atoms with Gasteiger partial charge in [0.25, 0.3) is 0 Å². The van der Waals surface area contributed by atoms with E-state index in [9.17, 15) is 4.79 Å². The second-order valence-electron chi connectivity index (χ2n) is 5.72. The Hall–Kier alpha value is -3.65. The van der Waals surface area contributed by atoms with E-state index in [2.05, 4.69) is 9.98 Å². The largest absolute Gasteiger partial charge is 0.471 e.